The van der Waals surface area contributed by atoms with Crippen molar-refractivity contribution >= 4 is 22.5 Å². The second kappa shape index (κ2) is 4.45. The molecular formula is C15H18N4O. The lowest BCUT2D eigenvalue weighted by Gasteiger charge is -2.10. The fraction of sp³-hybridized carbons (Fsp3) is 0.333. The average Bonchev–Trinajstić information content (AvgIpc) is 3.04. The van der Waals surface area contributed by atoms with Gasteiger partial charge in [0.1, 0.15) is 11.5 Å². The highest BCUT2D eigenvalue weighted by Gasteiger charge is 2.46. The molecule has 1 unspecified atom stereocenters. The van der Waals surface area contributed by atoms with Crippen LogP contribution in [0.1, 0.15) is 30.8 Å². The minimum Gasteiger partial charge on any atom is -0.347 e. The van der Waals surface area contributed by atoms with Gasteiger partial charge in [0.05, 0.1) is 0 Å². The number of hydrazine groups is 1. The number of nitrogens with zero attached hydrogens (tertiary/aromatic N) is 1. The molecule has 1 heterocycles. The number of carbonyl (C=O) groups excluding carboxylic acids is 1. The van der Waals surface area contributed by atoms with E-state index in [1.807, 2.05) is 24.3 Å². The van der Waals surface area contributed by atoms with Gasteiger partial charge >= 0.3 is 0 Å². The summed E-state index contributed by atoms with van der Waals surface area (Å²) in [5.41, 5.74) is 3.14. The van der Waals surface area contributed by atoms with E-state index in [1.165, 1.54) is 0 Å². The van der Waals surface area contributed by atoms with E-state index < -0.39 is 0 Å². The number of benzene rings is 1. The highest BCUT2D eigenvalue weighted by Crippen LogP contribution is 2.44. The number of nitrogens with two attached hydrogens (primary N) is 1. The number of aromatic nitrogens is 1. The Hall–Kier alpha value is -2.14. The Kier molecular flexibility index (Phi) is 2.87. The molecule has 1 fully saturated rings. The molecule has 5 nitrogen and oxygen atoms in total. The molecule has 1 amide bonds. The molecule has 1 atom stereocenters. The highest BCUT2D eigenvalue weighted by molar-refractivity contribution is 6.00. The first-order valence-electron chi connectivity index (χ1n) is 6.68. The number of anilines is 1. The summed E-state index contributed by atoms with van der Waals surface area (Å²) in [6.45, 7) is 4.28. The number of amides is 1. The van der Waals surface area contributed by atoms with Crippen molar-refractivity contribution < 1.29 is 4.79 Å². The standard InChI is InChI=1S/C15H18N4O/c1-15(2)8-12(15)18-14(20)11-7-9-5-3-4-6-10(9)13(17-11)19-16/h3-7,12H,8,16H2,1-2H3,(H,17,19)(H,18,20). The number of fused-ring (bicyclic) bond motifs is 1. The first-order chi connectivity index (χ1) is 9.51. The number of nitrogen functional groups attached to an aromatic ring is 1. The zero-order valence-corrected chi connectivity index (χ0v) is 11.6. The largest absolute Gasteiger partial charge is 0.347 e. The van der Waals surface area contributed by atoms with Crippen LogP contribution in [0.4, 0.5) is 5.82 Å². The van der Waals surface area contributed by atoms with Gasteiger partial charge in [0, 0.05) is 11.4 Å². The number of hydrogen-bond donors (Lipinski definition) is 3. The van der Waals surface area contributed by atoms with E-state index in [2.05, 4.69) is 29.6 Å². The predicted octanol–water partition coefficient (Wildman–Crippen LogP) is 2.05. The van der Waals surface area contributed by atoms with E-state index in [1.54, 1.807) is 6.07 Å². The number of carbonyl (C=O) groups is 1. The molecule has 1 aliphatic rings. The third-order valence-electron chi connectivity index (χ3n) is 3.93. The monoisotopic (exact) mass is 270 g/mol. The topological polar surface area (TPSA) is 80.0 Å². The third-order valence-corrected chi connectivity index (χ3v) is 3.93. The molecule has 0 aliphatic heterocycles. The molecule has 1 aromatic carbocycles. The maximum absolute atomic E-state index is 12.3. The van der Waals surface area contributed by atoms with Crippen LogP contribution in [0.25, 0.3) is 10.8 Å². The lowest BCUT2D eigenvalue weighted by atomic mass is 10.1. The quantitative estimate of drug-likeness (QED) is 0.589. The molecule has 0 radical (unpaired) electrons. The second-order valence-corrected chi connectivity index (χ2v) is 5.94. The Morgan fingerprint density at radius 2 is 2.10 bits per heavy atom. The zero-order chi connectivity index (χ0) is 14.3. The highest BCUT2D eigenvalue weighted by atomic mass is 16.2. The van der Waals surface area contributed by atoms with Gasteiger partial charge in [-0.2, -0.15) is 0 Å². The van der Waals surface area contributed by atoms with Crippen LogP contribution in [0.15, 0.2) is 30.3 Å². The molecule has 0 bridgehead atoms. The summed E-state index contributed by atoms with van der Waals surface area (Å²) >= 11 is 0. The molecule has 3 rings (SSSR count). The van der Waals surface area contributed by atoms with Crippen molar-refractivity contribution in [1.82, 2.24) is 10.3 Å². The van der Waals surface area contributed by atoms with Gasteiger partial charge in [-0.25, -0.2) is 10.8 Å². The Labute approximate surface area is 117 Å². The van der Waals surface area contributed by atoms with Crippen molar-refractivity contribution in [2.24, 2.45) is 11.3 Å². The molecule has 0 saturated heterocycles. The van der Waals surface area contributed by atoms with Crippen molar-refractivity contribution in [3.8, 4) is 0 Å². The maximum Gasteiger partial charge on any atom is 0.270 e. The van der Waals surface area contributed by atoms with Crippen molar-refractivity contribution in [3.63, 3.8) is 0 Å². The number of pyridine rings is 1. The van der Waals surface area contributed by atoms with E-state index in [4.69, 9.17) is 5.84 Å². The SMILES string of the molecule is CC1(C)CC1NC(=O)c1cc2ccccc2c(NN)n1. The number of nitrogens with one attached hydrogen (secondary N) is 2. The Morgan fingerprint density at radius 1 is 1.40 bits per heavy atom. The Bertz CT molecular complexity index is 681. The van der Waals surface area contributed by atoms with E-state index >= 15 is 0 Å². The fourth-order valence-electron chi connectivity index (χ4n) is 2.37. The normalized spacial score (nSPS) is 19.6. The van der Waals surface area contributed by atoms with E-state index in [0.717, 1.165) is 17.2 Å². The van der Waals surface area contributed by atoms with Crippen LogP contribution in [-0.2, 0) is 0 Å². The van der Waals surface area contributed by atoms with Gasteiger partial charge in [0.2, 0.25) is 0 Å². The molecule has 1 aromatic heterocycles. The molecule has 0 spiro atoms. The minimum atomic E-state index is -0.150. The molecule has 104 valence electrons. The number of hydrogen-bond acceptors (Lipinski definition) is 4. The van der Waals surface area contributed by atoms with Gasteiger partial charge in [0.15, 0.2) is 0 Å². The van der Waals surface area contributed by atoms with Gasteiger partial charge in [0.25, 0.3) is 5.91 Å². The Balaban J connectivity index is 1.93. The summed E-state index contributed by atoms with van der Waals surface area (Å²) in [5, 5.41) is 4.85. The molecule has 1 saturated carbocycles. The maximum atomic E-state index is 12.3. The van der Waals surface area contributed by atoms with Crippen molar-refractivity contribution in [2.75, 3.05) is 5.43 Å². The molecule has 4 N–H and O–H groups in total. The van der Waals surface area contributed by atoms with Crippen LogP contribution in [0.2, 0.25) is 0 Å². The minimum absolute atomic E-state index is 0.150. The van der Waals surface area contributed by atoms with E-state index in [-0.39, 0.29) is 17.4 Å². The van der Waals surface area contributed by atoms with Crippen LogP contribution in [-0.4, -0.2) is 16.9 Å². The van der Waals surface area contributed by atoms with Crippen LogP contribution < -0.4 is 16.6 Å². The van der Waals surface area contributed by atoms with Crippen molar-refractivity contribution in [1.29, 1.82) is 0 Å². The summed E-state index contributed by atoms with van der Waals surface area (Å²) in [4.78, 5) is 16.6. The van der Waals surface area contributed by atoms with Gasteiger partial charge in [-0.1, -0.05) is 38.1 Å². The third kappa shape index (κ3) is 2.20. The number of rotatable bonds is 3. The summed E-state index contributed by atoms with van der Waals surface area (Å²) in [7, 11) is 0. The molecule has 20 heavy (non-hydrogen) atoms. The molecule has 2 aromatic rings. The molecule has 1 aliphatic carbocycles. The van der Waals surface area contributed by atoms with Crippen LogP contribution in [0.3, 0.4) is 0 Å². The first kappa shape index (κ1) is 12.9. The zero-order valence-electron chi connectivity index (χ0n) is 11.6. The lowest BCUT2D eigenvalue weighted by Crippen LogP contribution is -2.29. The van der Waals surface area contributed by atoms with Crippen molar-refractivity contribution in [2.45, 2.75) is 26.3 Å². The van der Waals surface area contributed by atoms with E-state index in [0.29, 0.717) is 11.5 Å². The summed E-state index contributed by atoms with van der Waals surface area (Å²) < 4.78 is 0. The van der Waals surface area contributed by atoms with Gasteiger partial charge < -0.3 is 10.7 Å². The van der Waals surface area contributed by atoms with Gasteiger partial charge in [-0.3, -0.25) is 4.79 Å². The smallest absolute Gasteiger partial charge is 0.270 e. The molecular weight excluding hydrogens is 252 g/mol. The van der Waals surface area contributed by atoms with Crippen LogP contribution in [0, 0.1) is 5.41 Å². The fourth-order valence-corrected chi connectivity index (χ4v) is 2.37. The average molecular weight is 270 g/mol. The predicted molar refractivity (Wildman–Crippen MR) is 79.2 cm³/mol. The molecule has 5 heteroatoms. The van der Waals surface area contributed by atoms with Crippen LogP contribution >= 0.6 is 0 Å². The van der Waals surface area contributed by atoms with Crippen molar-refractivity contribution in [3.05, 3.63) is 36.0 Å². The van der Waals surface area contributed by atoms with Gasteiger partial charge in [-0.15, -0.1) is 0 Å². The summed E-state index contributed by atoms with van der Waals surface area (Å²) in [5.74, 6) is 5.86. The lowest BCUT2D eigenvalue weighted by molar-refractivity contribution is 0.0941. The van der Waals surface area contributed by atoms with Gasteiger partial charge in [-0.05, 0) is 23.3 Å². The first-order valence-corrected chi connectivity index (χ1v) is 6.68. The van der Waals surface area contributed by atoms with Crippen LogP contribution in [0.5, 0.6) is 0 Å². The van der Waals surface area contributed by atoms with E-state index in [9.17, 15) is 4.79 Å². The second-order valence-electron chi connectivity index (χ2n) is 5.94. The Morgan fingerprint density at radius 3 is 2.75 bits per heavy atom. The summed E-state index contributed by atoms with van der Waals surface area (Å²) in [6.07, 6.45) is 1.01. The summed E-state index contributed by atoms with van der Waals surface area (Å²) in [6, 6.07) is 9.73.